The Morgan fingerprint density at radius 1 is 1.05 bits per heavy atom. The van der Waals surface area contributed by atoms with Crippen LogP contribution >= 0.6 is 23.2 Å². The Morgan fingerprint density at radius 2 is 1.89 bits per heavy atom. The first-order valence-electron chi connectivity index (χ1n) is 5.52. The summed E-state index contributed by atoms with van der Waals surface area (Å²) in [6.07, 6.45) is 0. The number of rotatable bonds is 1. The van der Waals surface area contributed by atoms with Crippen molar-refractivity contribution in [3.63, 3.8) is 0 Å². The smallest absolute Gasteiger partial charge is 0.138 e. The van der Waals surface area contributed by atoms with Gasteiger partial charge in [-0.1, -0.05) is 23.2 Å². The van der Waals surface area contributed by atoms with E-state index in [0.29, 0.717) is 21.4 Å². The van der Waals surface area contributed by atoms with Crippen LogP contribution in [0.15, 0.2) is 36.4 Å². The van der Waals surface area contributed by atoms with Gasteiger partial charge in [0.05, 0.1) is 32.7 Å². The molecule has 0 saturated carbocycles. The minimum Gasteiger partial charge on any atom is -0.338 e. The second-order valence-corrected chi connectivity index (χ2v) is 4.87. The van der Waals surface area contributed by atoms with Crippen molar-refractivity contribution in [2.45, 2.75) is 0 Å². The average Bonchev–Trinajstić information content (AvgIpc) is 2.84. The molecule has 0 aliphatic heterocycles. The molecule has 92 valence electrons. The van der Waals surface area contributed by atoms with Gasteiger partial charge in [0.1, 0.15) is 5.82 Å². The van der Waals surface area contributed by atoms with Gasteiger partial charge in [-0.25, -0.2) is 4.98 Å². The van der Waals surface area contributed by atoms with Gasteiger partial charge in [-0.15, -0.1) is 0 Å². The van der Waals surface area contributed by atoms with E-state index in [0.717, 1.165) is 16.6 Å². The zero-order valence-corrected chi connectivity index (χ0v) is 11.1. The minimum atomic E-state index is 0.484. The standard InChI is InChI=1S/C14H7Cl2N3/c15-10-3-2-9(6-11(10)16)14-18-12-4-1-8(7-17)5-13(12)19-14/h1-6H,(H,18,19). The third kappa shape index (κ3) is 2.17. The monoisotopic (exact) mass is 287 g/mol. The third-order valence-electron chi connectivity index (χ3n) is 2.80. The van der Waals surface area contributed by atoms with Crippen molar-refractivity contribution < 1.29 is 0 Å². The fraction of sp³-hybridized carbons (Fsp3) is 0. The van der Waals surface area contributed by atoms with Gasteiger partial charge in [-0.2, -0.15) is 5.26 Å². The summed E-state index contributed by atoms with van der Waals surface area (Å²) in [5, 5.41) is 9.86. The van der Waals surface area contributed by atoms with E-state index in [4.69, 9.17) is 28.5 Å². The predicted molar refractivity (Wildman–Crippen MR) is 76.3 cm³/mol. The highest BCUT2D eigenvalue weighted by Gasteiger charge is 2.07. The summed E-state index contributed by atoms with van der Waals surface area (Å²) >= 11 is 11.9. The number of hydrogen-bond donors (Lipinski definition) is 1. The third-order valence-corrected chi connectivity index (χ3v) is 3.54. The Bertz CT molecular complexity index is 815. The SMILES string of the molecule is N#Cc1ccc2nc(-c3ccc(Cl)c(Cl)c3)[nH]c2c1. The van der Waals surface area contributed by atoms with Crippen molar-refractivity contribution >= 4 is 34.2 Å². The topological polar surface area (TPSA) is 52.5 Å². The summed E-state index contributed by atoms with van der Waals surface area (Å²) in [6, 6.07) is 12.7. The molecule has 0 fully saturated rings. The zero-order valence-electron chi connectivity index (χ0n) is 9.61. The number of benzene rings is 2. The van der Waals surface area contributed by atoms with Gasteiger partial charge in [-0.05, 0) is 36.4 Å². The van der Waals surface area contributed by atoms with E-state index in [-0.39, 0.29) is 0 Å². The lowest BCUT2D eigenvalue weighted by molar-refractivity contribution is 1.34. The molecule has 3 rings (SSSR count). The van der Waals surface area contributed by atoms with Crippen molar-refractivity contribution in [1.82, 2.24) is 9.97 Å². The summed E-state index contributed by atoms with van der Waals surface area (Å²) < 4.78 is 0. The van der Waals surface area contributed by atoms with Crippen molar-refractivity contribution in [2.24, 2.45) is 0 Å². The molecule has 0 spiro atoms. The number of aromatic amines is 1. The summed E-state index contributed by atoms with van der Waals surface area (Å²) in [5.41, 5.74) is 3.07. The number of hydrogen-bond acceptors (Lipinski definition) is 2. The largest absolute Gasteiger partial charge is 0.338 e. The van der Waals surface area contributed by atoms with Crippen LogP contribution in [0.25, 0.3) is 22.4 Å². The number of imidazole rings is 1. The molecule has 0 saturated heterocycles. The van der Waals surface area contributed by atoms with Crippen LogP contribution in [0.4, 0.5) is 0 Å². The number of nitrogens with one attached hydrogen (secondary N) is 1. The number of fused-ring (bicyclic) bond motifs is 1. The highest BCUT2D eigenvalue weighted by atomic mass is 35.5. The van der Waals surface area contributed by atoms with Crippen molar-refractivity contribution in [3.05, 3.63) is 52.0 Å². The van der Waals surface area contributed by atoms with Gasteiger partial charge in [0.25, 0.3) is 0 Å². The average molecular weight is 288 g/mol. The second kappa shape index (κ2) is 4.58. The van der Waals surface area contributed by atoms with E-state index in [1.54, 1.807) is 24.3 Å². The molecule has 0 atom stereocenters. The van der Waals surface area contributed by atoms with E-state index in [2.05, 4.69) is 16.0 Å². The van der Waals surface area contributed by atoms with Gasteiger partial charge >= 0.3 is 0 Å². The molecule has 0 aliphatic carbocycles. The molecular weight excluding hydrogens is 281 g/mol. The molecular formula is C14H7Cl2N3. The van der Waals surface area contributed by atoms with Crippen LogP contribution in [0.3, 0.4) is 0 Å². The number of nitrogens with zero attached hydrogens (tertiary/aromatic N) is 2. The van der Waals surface area contributed by atoms with Gasteiger partial charge in [0, 0.05) is 5.56 Å². The molecule has 3 aromatic rings. The predicted octanol–water partition coefficient (Wildman–Crippen LogP) is 4.41. The Balaban J connectivity index is 2.15. The molecule has 19 heavy (non-hydrogen) atoms. The zero-order chi connectivity index (χ0) is 13.4. The van der Waals surface area contributed by atoms with Crippen LogP contribution in [0.5, 0.6) is 0 Å². The number of aromatic nitrogens is 2. The normalized spacial score (nSPS) is 10.6. The fourth-order valence-corrected chi connectivity index (χ4v) is 2.16. The lowest BCUT2D eigenvalue weighted by Crippen LogP contribution is -1.80. The molecule has 0 radical (unpaired) electrons. The van der Waals surface area contributed by atoms with E-state index < -0.39 is 0 Å². The fourth-order valence-electron chi connectivity index (χ4n) is 1.86. The number of nitriles is 1. The van der Waals surface area contributed by atoms with Crippen LogP contribution < -0.4 is 0 Å². The van der Waals surface area contributed by atoms with E-state index in [9.17, 15) is 0 Å². The molecule has 0 aliphatic rings. The van der Waals surface area contributed by atoms with Crippen molar-refractivity contribution in [2.75, 3.05) is 0 Å². The summed E-state index contributed by atoms with van der Waals surface area (Å²) in [6.45, 7) is 0. The molecule has 0 bridgehead atoms. The minimum absolute atomic E-state index is 0.484. The summed E-state index contributed by atoms with van der Waals surface area (Å²) in [5.74, 6) is 0.698. The highest BCUT2D eigenvalue weighted by molar-refractivity contribution is 6.42. The van der Waals surface area contributed by atoms with Crippen molar-refractivity contribution in [1.29, 1.82) is 5.26 Å². The first-order chi connectivity index (χ1) is 9.17. The maximum absolute atomic E-state index is 8.87. The molecule has 3 nitrogen and oxygen atoms in total. The molecule has 0 amide bonds. The van der Waals surface area contributed by atoms with E-state index in [1.165, 1.54) is 0 Å². The van der Waals surface area contributed by atoms with Crippen LogP contribution in [-0.4, -0.2) is 9.97 Å². The molecule has 2 aromatic carbocycles. The Labute approximate surface area is 119 Å². The maximum atomic E-state index is 8.87. The first kappa shape index (κ1) is 12.0. The van der Waals surface area contributed by atoms with Crippen LogP contribution in [0.1, 0.15) is 5.56 Å². The van der Waals surface area contributed by atoms with Gasteiger partial charge in [-0.3, -0.25) is 0 Å². The number of halogens is 2. The molecule has 1 aromatic heterocycles. The summed E-state index contributed by atoms with van der Waals surface area (Å²) in [4.78, 5) is 7.63. The molecule has 1 heterocycles. The Kier molecular flexibility index (Phi) is 2.90. The summed E-state index contributed by atoms with van der Waals surface area (Å²) in [7, 11) is 0. The van der Waals surface area contributed by atoms with Gasteiger partial charge in [0.2, 0.25) is 0 Å². The van der Waals surface area contributed by atoms with Crippen LogP contribution in [-0.2, 0) is 0 Å². The Morgan fingerprint density at radius 3 is 2.63 bits per heavy atom. The van der Waals surface area contributed by atoms with Crippen molar-refractivity contribution in [3.8, 4) is 17.5 Å². The lowest BCUT2D eigenvalue weighted by Gasteiger charge is -1.99. The van der Waals surface area contributed by atoms with Crippen LogP contribution in [0.2, 0.25) is 10.0 Å². The first-order valence-corrected chi connectivity index (χ1v) is 6.28. The maximum Gasteiger partial charge on any atom is 0.138 e. The Hall–Kier alpha value is -2.02. The molecule has 5 heteroatoms. The molecule has 1 N–H and O–H groups in total. The quantitative estimate of drug-likeness (QED) is 0.721. The van der Waals surface area contributed by atoms with Gasteiger partial charge in [0.15, 0.2) is 0 Å². The van der Waals surface area contributed by atoms with E-state index in [1.807, 2.05) is 12.1 Å². The lowest BCUT2D eigenvalue weighted by atomic mass is 10.2. The van der Waals surface area contributed by atoms with E-state index >= 15 is 0 Å². The van der Waals surface area contributed by atoms with Gasteiger partial charge < -0.3 is 4.98 Å². The molecule has 0 unspecified atom stereocenters. The number of H-pyrrole nitrogens is 1. The highest BCUT2D eigenvalue weighted by Crippen LogP contribution is 2.28. The van der Waals surface area contributed by atoms with Crippen LogP contribution in [0, 0.1) is 11.3 Å². The second-order valence-electron chi connectivity index (χ2n) is 4.06.